The van der Waals surface area contributed by atoms with Crippen molar-refractivity contribution < 1.29 is 14.3 Å². The number of aromatic nitrogens is 2. The predicted molar refractivity (Wildman–Crippen MR) is 80.5 cm³/mol. The molecule has 0 radical (unpaired) electrons. The van der Waals surface area contributed by atoms with E-state index in [9.17, 15) is 4.79 Å². The Balaban J connectivity index is 1.64. The second-order valence-electron chi connectivity index (χ2n) is 6.27. The molecule has 0 saturated carbocycles. The van der Waals surface area contributed by atoms with Crippen LogP contribution in [0.4, 0.5) is 0 Å². The van der Waals surface area contributed by atoms with Crippen LogP contribution in [-0.4, -0.2) is 59.8 Å². The summed E-state index contributed by atoms with van der Waals surface area (Å²) in [7, 11) is 1.73. The van der Waals surface area contributed by atoms with Crippen LogP contribution in [0, 0.1) is 5.92 Å². The third-order valence-corrected chi connectivity index (χ3v) is 4.63. The first-order valence-electron chi connectivity index (χ1n) is 7.91. The average molecular weight is 305 g/mol. The zero-order chi connectivity index (χ0) is 15.4. The average Bonchev–Trinajstić information content (AvgIpc) is 2.95. The summed E-state index contributed by atoms with van der Waals surface area (Å²) in [5.74, 6) is 0.489. The summed E-state index contributed by atoms with van der Waals surface area (Å²) < 4.78 is 11.3. The Morgan fingerprint density at radius 3 is 3.23 bits per heavy atom. The van der Waals surface area contributed by atoms with Crippen molar-refractivity contribution in [2.45, 2.75) is 31.3 Å². The summed E-state index contributed by atoms with van der Waals surface area (Å²) in [6, 6.07) is 0. The molecule has 6 nitrogen and oxygen atoms in total. The van der Waals surface area contributed by atoms with Crippen LogP contribution in [0.25, 0.3) is 0 Å². The second kappa shape index (κ2) is 6.71. The van der Waals surface area contributed by atoms with Gasteiger partial charge in [0.2, 0.25) is 0 Å². The maximum absolute atomic E-state index is 12.5. The fraction of sp³-hybridized carbons (Fsp3) is 0.688. The molecule has 1 aromatic rings. The van der Waals surface area contributed by atoms with E-state index in [1.54, 1.807) is 19.5 Å². The quantitative estimate of drug-likeness (QED) is 0.844. The molecule has 1 amide bonds. The summed E-state index contributed by atoms with van der Waals surface area (Å²) >= 11 is 0. The van der Waals surface area contributed by atoms with Crippen molar-refractivity contribution >= 4 is 5.91 Å². The summed E-state index contributed by atoms with van der Waals surface area (Å²) in [6.45, 7) is 2.97. The van der Waals surface area contributed by atoms with Crippen LogP contribution in [0.3, 0.4) is 0 Å². The number of rotatable bonds is 4. The molecule has 0 bridgehead atoms. The maximum atomic E-state index is 12.5. The van der Waals surface area contributed by atoms with Gasteiger partial charge in [0.25, 0.3) is 5.91 Å². The van der Waals surface area contributed by atoms with Crippen molar-refractivity contribution in [3.63, 3.8) is 0 Å². The van der Waals surface area contributed by atoms with Crippen molar-refractivity contribution in [3.8, 4) is 0 Å². The smallest absolute Gasteiger partial charge is 0.274 e. The van der Waals surface area contributed by atoms with Crippen LogP contribution in [0.2, 0.25) is 0 Å². The fourth-order valence-electron chi connectivity index (χ4n) is 3.54. The SMILES string of the molecule is COCC[C@H]1CO[C@]2(CCCN(C(=O)c3cnccn3)C2)C1. The minimum Gasteiger partial charge on any atom is -0.385 e. The van der Waals surface area contributed by atoms with Crippen LogP contribution in [0.5, 0.6) is 0 Å². The molecule has 3 heterocycles. The van der Waals surface area contributed by atoms with Gasteiger partial charge in [0.05, 0.1) is 24.9 Å². The van der Waals surface area contributed by atoms with E-state index in [0.29, 0.717) is 18.2 Å². The molecule has 0 N–H and O–H groups in total. The molecule has 0 aromatic carbocycles. The number of nitrogens with zero attached hydrogens (tertiary/aromatic N) is 3. The first kappa shape index (κ1) is 15.4. The van der Waals surface area contributed by atoms with E-state index in [1.807, 2.05) is 4.90 Å². The minimum absolute atomic E-state index is 0.0453. The summed E-state index contributed by atoms with van der Waals surface area (Å²) in [4.78, 5) is 22.5. The highest BCUT2D eigenvalue weighted by Crippen LogP contribution is 2.38. The zero-order valence-electron chi connectivity index (χ0n) is 13.0. The van der Waals surface area contributed by atoms with Gasteiger partial charge in [0.15, 0.2) is 0 Å². The van der Waals surface area contributed by atoms with E-state index in [1.165, 1.54) is 6.20 Å². The van der Waals surface area contributed by atoms with Crippen molar-refractivity contribution in [2.75, 3.05) is 33.4 Å². The van der Waals surface area contributed by atoms with Gasteiger partial charge < -0.3 is 14.4 Å². The van der Waals surface area contributed by atoms with E-state index < -0.39 is 0 Å². The molecular weight excluding hydrogens is 282 g/mol. The van der Waals surface area contributed by atoms with Crippen LogP contribution >= 0.6 is 0 Å². The summed E-state index contributed by atoms with van der Waals surface area (Å²) in [6.07, 6.45) is 8.70. The first-order valence-corrected chi connectivity index (χ1v) is 7.91. The van der Waals surface area contributed by atoms with E-state index in [-0.39, 0.29) is 11.5 Å². The van der Waals surface area contributed by atoms with Gasteiger partial charge in [0, 0.05) is 32.7 Å². The van der Waals surface area contributed by atoms with E-state index in [0.717, 1.165) is 45.4 Å². The standard InChI is InChI=1S/C16H23N3O3/c1-21-8-3-13-9-16(22-11-13)4-2-7-19(12-16)15(20)14-10-17-5-6-18-14/h5-6,10,13H,2-4,7-9,11-12H2,1H3/t13-,16-/m1/s1. The maximum Gasteiger partial charge on any atom is 0.274 e. The number of hydrogen-bond acceptors (Lipinski definition) is 5. The normalized spacial score (nSPS) is 28.2. The van der Waals surface area contributed by atoms with E-state index in [2.05, 4.69) is 9.97 Å². The Hall–Kier alpha value is -1.53. The Morgan fingerprint density at radius 2 is 2.45 bits per heavy atom. The predicted octanol–water partition coefficient (Wildman–Crippen LogP) is 1.52. The van der Waals surface area contributed by atoms with Gasteiger partial charge in [-0.1, -0.05) is 0 Å². The monoisotopic (exact) mass is 305 g/mol. The molecule has 2 aliphatic heterocycles. The highest BCUT2D eigenvalue weighted by Gasteiger charge is 2.44. The molecule has 2 atom stereocenters. The molecular formula is C16H23N3O3. The number of amides is 1. The highest BCUT2D eigenvalue weighted by atomic mass is 16.5. The van der Waals surface area contributed by atoms with Crippen LogP contribution in [-0.2, 0) is 9.47 Å². The molecule has 0 unspecified atom stereocenters. The molecule has 2 aliphatic rings. The number of ether oxygens (including phenoxy) is 2. The Labute approximate surface area is 130 Å². The Bertz CT molecular complexity index is 511. The lowest BCUT2D eigenvalue weighted by Crippen LogP contribution is -2.50. The van der Waals surface area contributed by atoms with Crippen molar-refractivity contribution in [3.05, 3.63) is 24.3 Å². The number of piperidine rings is 1. The molecule has 120 valence electrons. The van der Waals surface area contributed by atoms with E-state index >= 15 is 0 Å². The highest BCUT2D eigenvalue weighted by molar-refractivity contribution is 5.92. The lowest BCUT2D eigenvalue weighted by Gasteiger charge is -2.39. The van der Waals surface area contributed by atoms with Gasteiger partial charge in [-0.15, -0.1) is 0 Å². The third-order valence-electron chi connectivity index (χ3n) is 4.63. The lowest BCUT2D eigenvalue weighted by molar-refractivity contribution is -0.0451. The van der Waals surface area contributed by atoms with Crippen LogP contribution in [0.15, 0.2) is 18.6 Å². The third kappa shape index (κ3) is 3.28. The first-order chi connectivity index (χ1) is 10.7. The topological polar surface area (TPSA) is 64.6 Å². The molecule has 3 rings (SSSR count). The van der Waals surface area contributed by atoms with Gasteiger partial charge >= 0.3 is 0 Å². The molecule has 2 fully saturated rings. The Morgan fingerprint density at radius 1 is 1.55 bits per heavy atom. The van der Waals surface area contributed by atoms with Crippen molar-refractivity contribution in [1.82, 2.24) is 14.9 Å². The van der Waals surface area contributed by atoms with Crippen LogP contribution < -0.4 is 0 Å². The minimum atomic E-state index is -0.172. The zero-order valence-corrected chi connectivity index (χ0v) is 13.0. The van der Waals surface area contributed by atoms with Gasteiger partial charge in [-0.25, -0.2) is 4.98 Å². The largest absolute Gasteiger partial charge is 0.385 e. The van der Waals surface area contributed by atoms with Crippen LogP contribution in [0.1, 0.15) is 36.2 Å². The Kier molecular flexibility index (Phi) is 4.69. The summed E-state index contributed by atoms with van der Waals surface area (Å²) in [5.41, 5.74) is 0.239. The number of likely N-dealkylation sites (tertiary alicyclic amines) is 1. The van der Waals surface area contributed by atoms with Crippen molar-refractivity contribution in [2.24, 2.45) is 5.92 Å². The molecule has 0 aliphatic carbocycles. The fourth-order valence-corrected chi connectivity index (χ4v) is 3.54. The van der Waals surface area contributed by atoms with Gasteiger partial charge in [0.1, 0.15) is 5.69 Å². The van der Waals surface area contributed by atoms with Gasteiger partial charge in [-0.2, -0.15) is 0 Å². The van der Waals surface area contributed by atoms with Crippen molar-refractivity contribution in [1.29, 1.82) is 0 Å². The van der Waals surface area contributed by atoms with Gasteiger partial charge in [-0.05, 0) is 31.6 Å². The van der Waals surface area contributed by atoms with Gasteiger partial charge in [-0.3, -0.25) is 9.78 Å². The second-order valence-corrected chi connectivity index (χ2v) is 6.27. The summed E-state index contributed by atoms with van der Waals surface area (Å²) in [5, 5.41) is 0. The number of carbonyl (C=O) groups excluding carboxylic acids is 1. The molecule has 6 heteroatoms. The molecule has 22 heavy (non-hydrogen) atoms. The lowest BCUT2D eigenvalue weighted by atomic mass is 9.85. The molecule has 1 aromatic heterocycles. The number of hydrogen-bond donors (Lipinski definition) is 0. The number of carbonyl (C=O) groups is 1. The number of methoxy groups -OCH3 is 1. The van der Waals surface area contributed by atoms with E-state index in [4.69, 9.17) is 9.47 Å². The molecule has 1 spiro atoms. The molecule has 2 saturated heterocycles.